The summed E-state index contributed by atoms with van der Waals surface area (Å²) in [5.74, 6) is -0.242. The number of nitrogens with zero attached hydrogens (tertiary/aromatic N) is 1. The van der Waals surface area contributed by atoms with E-state index in [2.05, 4.69) is 20.6 Å². The SMILES string of the molecule is Cc1cccc2c(CC(=O)NCCC(=O)Nc3ccncc3)c[nH]c12. The summed E-state index contributed by atoms with van der Waals surface area (Å²) in [6.07, 6.45) is 5.60. The zero-order valence-electron chi connectivity index (χ0n) is 14.0. The fourth-order valence-electron chi connectivity index (χ4n) is 2.72. The molecule has 0 saturated carbocycles. The first kappa shape index (κ1) is 16.7. The number of nitrogens with one attached hydrogen (secondary N) is 3. The Bertz CT molecular complexity index is 887. The van der Waals surface area contributed by atoms with Crippen molar-refractivity contribution in [1.82, 2.24) is 15.3 Å². The largest absolute Gasteiger partial charge is 0.361 e. The van der Waals surface area contributed by atoms with Gasteiger partial charge in [0.2, 0.25) is 11.8 Å². The van der Waals surface area contributed by atoms with Gasteiger partial charge in [-0.15, -0.1) is 0 Å². The van der Waals surface area contributed by atoms with Crippen molar-refractivity contribution in [2.45, 2.75) is 19.8 Å². The van der Waals surface area contributed by atoms with Crippen LogP contribution in [0.25, 0.3) is 10.9 Å². The summed E-state index contributed by atoms with van der Waals surface area (Å²) in [4.78, 5) is 31.1. The lowest BCUT2D eigenvalue weighted by atomic mass is 10.1. The minimum atomic E-state index is -0.144. The lowest BCUT2D eigenvalue weighted by Crippen LogP contribution is -2.28. The number of carbonyl (C=O) groups excluding carboxylic acids is 2. The number of amides is 2. The fourth-order valence-corrected chi connectivity index (χ4v) is 2.72. The first-order valence-corrected chi connectivity index (χ1v) is 8.15. The van der Waals surface area contributed by atoms with E-state index >= 15 is 0 Å². The highest BCUT2D eigenvalue weighted by molar-refractivity contribution is 5.92. The van der Waals surface area contributed by atoms with E-state index in [-0.39, 0.29) is 24.7 Å². The van der Waals surface area contributed by atoms with Crippen LogP contribution in [0.3, 0.4) is 0 Å². The average Bonchev–Trinajstić information content (AvgIpc) is 3.00. The van der Waals surface area contributed by atoms with E-state index in [1.54, 1.807) is 24.5 Å². The van der Waals surface area contributed by atoms with Crippen molar-refractivity contribution in [3.63, 3.8) is 0 Å². The summed E-state index contributed by atoms with van der Waals surface area (Å²) in [5, 5.41) is 6.61. The van der Waals surface area contributed by atoms with Crippen LogP contribution >= 0.6 is 0 Å². The fraction of sp³-hybridized carbons (Fsp3) is 0.211. The molecule has 6 nitrogen and oxygen atoms in total. The van der Waals surface area contributed by atoms with Crippen molar-refractivity contribution in [2.75, 3.05) is 11.9 Å². The van der Waals surface area contributed by atoms with Crippen molar-refractivity contribution in [3.8, 4) is 0 Å². The topological polar surface area (TPSA) is 86.9 Å². The highest BCUT2D eigenvalue weighted by atomic mass is 16.2. The van der Waals surface area contributed by atoms with Gasteiger partial charge in [0.15, 0.2) is 0 Å². The number of fused-ring (bicyclic) bond motifs is 1. The Morgan fingerprint density at radius 3 is 2.72 bits per heavy atom. The van der Waals surface area contributed by atoms with Crippen LogP contribution in [0.1, 0.15) is 17.5 Å². The van der Waals surface area contributed by atoms with E-state index in [0.717, 1.165) is 22.0 Å². The second-order valence-electron chi connectivity index (χ2n) is 5.87. The number of aromatic nitrogens is 2. The van der Waals surface area contributed by atoms with Gasteiger partial charge in [-0.05, 0) is 30.2 Å². The summed E-state index contributed by atoms with van der Waals surface area (Å²) < 4.78 is 0. The zero-order valence-corrected chi connectivity index (χ0v) is 14.0. The summed E-state index contributed by atoms with van der Waals surface area (Å²) in [6.45, 7) is 2.33. The van der Waals surface area contributed by atoms with Gasteiger partial charge in [0.1, 0.15) is 0 Å². The van der Waals surface area contributed by atoms with Gasteiger partial charge >= 0.3 is 0 Å². The maximum Gasteiger partial charge on any atom is 0.226 e. The number of carbonyl (C=O) groups is 2. The van der Waals surface area contributed by atoms with Gasteiger partial charge in [-0.3, -0.25) is 14.6 Å². The predicted molar refractivity (Wildman–Crippen MR) is 97.2 cm³/mol. The average molecular weight is 336 g/mol. The Labute approximate surface area is 145 Å². The minimum absolute atomic E-state index is 0.0980. The maximum atomic E-state index is 12.1. The molecule has 2 amide bonds. The first-order chi connectivity index (χ1) is 12.1. The van der Waals surface area contributed by atoms with Crippen LogP contribution in [0.15, 0.2) is 48.9 Å². The molecule has 0 aliphatic rings. The maximum absolute atomic E-state index is 12.1. The molecule has 0 aliphatic heterocycles. The van der Waals surface area contributed by atoms with Gasteiger partial charge in [0, 0.05) is 48.1 Å². The molecular weight excluding hydrogens is 316 g/mol. The number of hydrogen-bond donors (Lipinski definition) is 3. The van der Waals surface area contributed by atoms with E-state index in [1.165, 1.54) is 0 Å². The molecule has 1 aromatic carbocycles. The smallest absolute Gasteiger partial charge is 0.226 e. The molecule has 2 heterocycles. The van der Waals surface area contributed by atoms with Crippen molar-refractivity contribution >= 4 is 28.4 Å². The van der Waals surface area contributed by atoms with Crippen LogP contribution in [-0.4, -0.2) is 28.3 Å². The number of aryl methyl sites for hydroxylation is 1. The van der Waals surface area contributed by atoms with Crippen LogP contribution in [0, 0.1) is 6.92 Å². The Morgan fingerprint density at radius 1 is 1.12 bits per heavy atom. The van der Waals surface area contributed by atoms with Crippen LogP contribution in [0.5, 0.6) is 0 Å². The van der Waals surface area contributed by atoms with Crippen LogP contribution in [0.4, 0.5) is 5.69 Å². The predicted octanol–water partition coefficient (Wildman–Crippen LogP) is 2.56. The summed E-state index contributed by atoms with van der Waals surface area (Å²) >= 11 is 0. The van der Waals surface area contributed by atoms with Crippen LogP contribution < -0.4 is 10.6 Å². The number of aromatic amines is 1. The van der Waals surface area contributed by atoms with Gasteiger partial charge in [-0.25, -0.2) is 0 Å². The Kier molecular flexibility index (Phi) is 5.09. The summed E-state index contributed by atoms with van der Waals surface area (Å²) in [5.41, 5.74) is 3.86. The lowest BCUT2D eigenvalue weighted by Gasteiger charge is -2.06. The molecule has 0 radical (unpaired) electrons. The third kappa shape index (κ3) is 4.23. The summed E-state index contributed by atoms with van der Waals surface area (Å²) in [7, 11) is 0. The third-order valence-corrected chi connectivity index (χ3v) is 4.00. The highest BCUT2D eigenvalue weighted by Gasteiger charge is 2.10. The summed E-state index contributed by atoms with van der Waals surface area (Å²) in [6, 6.07) is 9.45. The molecule has 25 heavy (non-hydrogen) atoms. The Hall–Kier alpha value is -3.15. The van der Waals surface area contributed by atoms with E-state index in [4.69, 9.17) is 0 Å². The minimum Gasteiger partial charge on any atom is -0.361 e. The number of rotatable bonds is 6. The number of para-hydroxylation sites is 1. The molecule has 3 aromatic rings. The number of benzene rings is 1. The number of hydrogen-bond acceptors (Lipinski definition) is 3. The standard InChI is InChI=1S/C19H20N4O2/c1-13-3-2-4-16-14(12-22-19(13)16)11-18(25)21-10-7-17(24)23-15-5-8-20-9-6-15/h2-6,8-9,12,22H,7,10-11H2,1H3,(H,21,25)(H,20,23,24). The molecule has 0 spiro atoms. The molecule has 3 rings (SSSR count). The molecule has 0 fully saturated rings. The van der Waals surface area contributed by atoms with E-state index < -0.39 is 0 Å². The number of anilines is 1. The van der Waals surface area contributed by atoms with Gasteiger partial charge in [0.05, 0.1) is 6.42 Å². The molecule has 2 aromatic heterocycles. The van der Waals surface area contributed by atoms with Gasteiger partial charge in [0.25, 0.3) is 0 Å². The van der Waals surface area contributed by atoms with Crippen molar-refractivity contribution in [3.05, 3.63) is 60.0 Å². The molecule has 0 aliphatic carbocycles. The van der Waals surface area contributed by atoms with Crippen LogP contribution in [-0.2, 0) is 16.0 Å². The quantitative estimate of drug-likeness (QED) is 0.646. The van der Waals surface area contributed by atoms with Gasteiger partial charge in [-0.2, -0.15) is 0 Å². The molecule has 0 saturated heterocycles. The van der Waals surface area contributed by atoms with E-state index in [1.807, 2.05) is 31.3 Å². The zero-order chi connectivity index (χ0) is 17.6. The van der Waals surface area contributed by atoms with E-state index in [9.17, 15) is 9.59 Å². The lowest BCUT2D eigenvalue weighted by molar-refractivity contribution is -0.120. The van der Waals surface area contributed by atoms with Gasteiger partial charge < -0.3 is 15.6 Å². The molecule has 0 unspecified atom stereocenters. The van der Waals surface area contributed by atoms with Crippen molar-refractivity contribution in [2.24, 2.45) is 0 Å². The monoisotopic (exact) mass is 336 g/mol. The third-order valence-electron chi connectivity index (χ3n) is 4.00. The normalized spacial score (nSPS) is 10.6. The molecule has 128 valence electrons. The van der Waals surface area contributed by atoms with Crippen molar-refractivity contribution < 1.29 is 9.59 Å². The second kappa shape index (κ2) is 7.61. The van der Waals surface area contributed by atoms with E-state index in [0.29, 0.717) is 12.2 Å². The van der Waals surface area contributed by atoms with Crippen LogP contribution in [0.2, 0.25) is 0 Å². The number of pyridine rings is 1. The molecular formula is C19H20N4O2. The second-order valence-corrected chi connectivity index (χ2v) is 5.87. The molecule has 3 N–H and O–H groups in total. The first-order valence-electron chi connectivity index (χ1n) is 8.15. The van der Waals surface area contributed by atoms with Crippen molar-refractivity contribution in [1.29, 1.82) is 0 Å². The Balaban J connectivity index is 1.48. The molecule has 0 atom stereocenters. The Morgan fingerprint density at radius 2 is 1.92 bits per heavy atom. The molecule has 0 bridgehead atoms. The highest BCUT2D eigenvalue weighted by Crippen LogP contribution is 2.21. The number of H-pyrrole nitrogens is 1. The molecule has 6 heteroatoms. The van der Waals surface area contributed by atoms with Gasteiger partial charge in [-0.1, -0.05) is 18.2 Å².